The number of carboxylic acids is 2. The van der Waals surface area contributed by atoms with Gasteiger partial charge in [0.15, 0.2) is 0 Å². The van der Waals surface area contributed by atoms with Crippen molar-refractivity contribution in [2.45, 2.75) is 6.92 Å². The van der Waals surface area contributed by atoms with Gasteiger partial charge < -0.3 is 15.5 Å². The maximum Gasteiger partial charge on any atom is 0.352 e. The van der Waals surface area contributed by atoms with Gasteiger partial charge in [-0.2, -0.15) is 0 Å². The molecule has 0 bridgehead atoms. The lowest BCUT2D eigenvalue weighted by Gasteiger charge is -2.04. The molecule has 0 aromatic carbocycles. The van der Waals surface area contributed by atoms with Crippen LogP contribution in [0.15, 0.2) is 23.9 Å². The molecule has 0 aliphatic carbocycles. The molecule has 0 radical (unpaired) electrons. The third-order valence-electron chi connectivity index (χ3n) is 1.34. The Kier molecular flexibility index (Phi) is 4.08. The van der Waals surface area contributed by atoms with Crippen LogP contribution in [0.1, 0.15) is 6.92 Å². The van der Waals surface area contributed by atoms with E-state index < -0.39 is 29.1 Å². The monoisotopic (exact) mass is 199 g/mol. The molecule has 0 spiro atoms. The topological polar surface area (TPSA) is 104 Å². The minimum absolute atomic E-state index is 0.451. The van der Waals surface area contributed by atoms with Crippen LogP contribution in [-0.2, 0) is 14.4 Å². The molecule has 0 saturated heterocycles. The summed E-state index contributed by atoms with van der Waals surface area (Å²) in [6.45, 7) is 4.18. The zero-order valence-electron chi connectivity index (χ0n) is 7.40. The van der Waals surface area contributed by atoms with E-state index >= 15 is 0 Å². The summed E-state index contributed by atoms with van der Waals surface area (Å²) in [5, 5.41) is 18.9. The first kappa shape index (κ1) is 11.9. The normalized spacial score (nSPS) is 11.2. The number of hydrogen-bond acceptors (Lipinski definition) is 3. The molecule has 14 heavy (non-hydrogen) atoms. The van der Waals surface area contributed by atoms with Gasteiger partial charge in [-0.3, -0.25) is 4.79 Å². The van der Waals surface area contributed by atoms with Crippen LogP contribution in [-0.4, -0.2) is 28.1 Å². The van der Waals surface area contributed by atoms with E-state index in [0.717, 1.165) is 13.0 Å². The zero-order valence-corrected chi connectivity index (χ0v) is 7.40. The van der Waals surface area contributed by atoms with Gasteiger partial charge in [0, 0.05) is 0 Å². The average molecular weight is 199 g/mol. The van der Waals surface area contributed by atoms with E-state index in [1.54, 1.807) is 0 Å². The maximum absolute atomic E-state index is 10.7. The molecular formula is C8H9NO5. The van der Waals surface area contributed by atoms with Gasteiger partial charge in [-0.1, -0.05) is 6.58 Å². The van der Waals surface area contributed by atoms with Crippen molar-refractivity contribution >= 4 is 17.8 Å². The van der Waals surface area contributed by atoms with E-state index in [9.17, 15) is 14.4 Å². The number of aliphatic carboxylic acids is 2. The standard InChI is InChI=1S/C8H9NO5/c1-3-5(10)9-6(8(13)14)4(2)7(11)12/h3H,1H2,2H3,(H,9,10)(H,11,12)(H,13,14)/b6-4-. The Morgan fingerprint density at radius 2 is 1.71 bits per heavy atom. The van der Waals surface area contributed by atoms with Crippen molar-refractivity contribution in [2.24, 2.45) is 0 Å². The summed E-state index contributed by atoms with van der Waals surface area (Å²) < 4.78 is 0. The van der Waals surface area contributed by atoms with Gasteiger partial charge in [0.2, 0.25) is 5.91 Å². The van der Waals surface area contributed by atoms with Crippen LogP contribution in [0.3, 0.4) is 0 Å². The quantitative estimate of drug-likeness (QED) is 0.541. The molecule has 0 rings (SSSR count). The number of carbonyl (C=O) groups excluding carboxylic acids is 1. The molecule has 0 saturated carbocycles. The molecule has 0 aromatic heterocycles. The highest BCUT2D eigenvalue weighted by Crippen LogP contribution is 2.01. The molecular weight excluding hydrogens is 190 g/mol. The van der Waals surface area contributed by atoms with Gasteiger partial charge in [0.1, 0.15) is 5.70 Å². The molecule has 0 fully saturated rings. The summed E-state index contributed by atoms with van der Waals surface area (Å²) in [6, 6.07) is 0. The van der Waals surface area contributed by atoms with Crippen LogP contribution in [0.25, 0.3) is 0 Å². The van der Waals surface area contributed by atoms with Crippen LogP contribution in [0.2, 0.25) is 0 Å². The molecule has 6 nitrogen and oxygen atoms in total. The minimum Gasteiger partial charge on any atom is -0.478 e. The van der Waals surface area contributed by atoms with Crippen molar-refractivity contribution in [2.75, 3.05) is 0 Å². The van der Waals surface area contributed by atoms with Crippen molar-refractivity contribution in [3.63, 3.8) is 0 Å². The van der Waals surface area contributed by atoms with Gasteiger partial charge >= 0.3 is 11.9 Å². The van der Waals surface area contributed by atoms with E-state index in [1.807, 2.05) is 5.32 Å². The maximum atomic E-state index is 10.7. The first-order chi connectivity index (χ1) is 6.40. The van der Waals surface area contributed by atoms with Crippen LogP contribution in [0.5, 0.6) is 0 Å². The lowest BCUT2D eigenvalue weighted by molar-refractivity contribution is -0.136. The number of rotatable bonds is 4. The van der Waals surface area contributed by atoms with Crippen molar-refractivity contribution in [1.82, 2.24) is 5.32 Å². The average Bonchev–Trinajstić information content (AvgIpc) is 2.11. The van der Waals surface area contributed by atoms with Gasteiger partial charge in [0.25, 0.3) is 0 Å². The summed E-state index contributed by atoms with van der Waals surface area (Å²) in [6.07, 6.45) is 0.845. The number of nitrogens with one attached hydrogen (secondary N) is 1. The zero-order chi connectivity index (χ0) is 11.3. The summed E-state index contributed by atoms with van der Waals surface area (Å²) >= 11 is 0. The molecule has 76 valence electrons. The van der Waals surface area contributed by atoms with Crippen molar-refractivity contribution in [1.29, 1.82) is 0 Å². The summed E-state index contributed by atoms with van der Waals surface area (Å²) in [4.78, 5) is 31.7. The molecule has 0 heterocycles. The second-order valence-electron chi connectivity index (χ2n) is 2.30. The smallest absolute Gasteiger partial charge is 0.352 e. The Balaban J connectivity index is 5.05. The molecule has 0 aliphatic rings. The van der Waals surface area contributed by atoms with E-state index in [-0.39, 0.29) is 0 Å². The molecule has 3 N–H and O–H groups in total. The second kappa shape index (κ2) is 4.80. The van der Waals surface area contributed by atoms with Gasteiger partial charge in [-0.05, 0) is 13.0 Å². The Morgan fingerprint density at radius 3 is 2.00 bits per heavy atom. The van der Waals surface area contributed by atoms with E-state index in [4.69, 9.17) is 10.2 Å². The fourth-order valence-electron chi connectivity index (χ4n) is 0.589. The van der Waals surface area contributed by atoms with Gasteiger partial charge in [-0.15, -0.1) is 0 Å². The van der Waals surface area contributed by atoms with Crippen LogP contribution < -0.4 is 5.32 Å². The second-order valence-corrected chi connectivity index (χ2v) is 2.30. The molecule has 0 unspecified atom stereocenters. The Bertz CT molecular complexity index is 329. The van der Waals surface area contributed by atoms with E-state index in [1.165, 1.54) is 0 Å². The van der Waals surface area contributed by atoms with Gasteiger partial charge in [0.05, 0.1) is 5.57 Å². The predicted octanol–water partition coefficient (Wildman–Crippen LogP) is -0.268. The highest BCUT2D eigenvalue weighted by Gasteiger charge is 2.17. The fourth-order valence-corrected chi connectivity index (χ4v) is 0.589. The third kappa shape index (κ3) is 3.10. The first-order valence-electron chi connectivity index (χ1n) is 3.51. The van der Waals surface area contributed by atoms with E-state index in [2.05, 4.69) is 6.58 Å². The molecule has 1 amide bonds. The molecule has 0 aliphatic heterocycles. The fraction of sp³-hybridized carbons (Fsp3) is 0.125. The van der Waals surface area contributed by atoms with E-state index in [0.29, 0.717) is 0 Å². The highest BCUT2D eigenvalue weighted by molar-refractivity contribution is 6.02. The van der Waals surface area contributed by atoms with Crippen LogP contribution in [0.4, 0.5) is 0 Å². The predicted molar refractivity (Wildman–Crippen MR) is 46.3 cm³/mol. The van der Waals surface area contributed by atoms with Crippen molar-refractivity contribution in [3.8, 4) is 0 Å². The number of carboxylic acid groups (broad SMARTS) is 2. The summed E-state index contributed by atoms with van der Waals surface area (Å²) in [5.74, 6) is -3.70. The SMILES string of the molecule is C=CC(=O)N/C(C(=O)O)=C(/C)C(=O)O. The summed E-state index contributed by atoms with van der Waals surface area (Å²) in [5.41, 5.74) is -1.12. The van der Waals surface area contributed by atoms with Gasteiger partial charge in [-0.25, -0.2) is 9.59 Å². The Morgan fingerprint density at radius 1 is 1.21 bits per heavy atom. The van der Waals surface area contributed by atoms with Crippen molar-refractivity contribution in [3.05, 3.63) is 23.9 Å². The lowest BCUT2D eigenvalue weighted by atomic mass is 10.2. The highest BCUT2D eigenvalue weighted by atomic mass is 16.4. The third-order valence-corrected chi connectivity index (χ3v) is 1.34. The minimum atomic E-state index is -1.51. The Hall–Kier alpha value is -2.11. The van der Waals surface area contributed by atoms with Crippen LogP contribution in [0, 0.1) is 0 Å². The largest absolute Gasteiger partial charge is 0.478 e. The molecule has 0 aromatic rings. The summed E-state index contributed by atoms with van der Waals surface area (Å²) in [7, 11) is 0. The van der Waals surface area contributed by atoms with Crippen LogP contribution >= 0.6 is 0 Å². The molecule has 6 heteroatoms. The lowest BCUT2D eigenvalue weighted by Crippen LogP contribution is -2.28. The first-order valence-corrected chi connectivity index (χ1v) is 3.51. The number of amides is 1. The van der Waals surface area contributed by atoms with Crippen molar-refractivity contribution < 1.29 is 24.6 Å². The number of hydrogen-bond donors (Lipinski definition) is 3. The number of carbonyl (C=O) groups is 3. The molecule has 0 atom stereocenters. The Labute approximate surface area is 79.5 Å².